The average Bonchev–Trinajstić information content (AvgIpc) is 3.20. The lowest BCUT2D eigenvalue weighted by molar-refractivity contribution is -0.0245. The van der Waals surface area contributed by atoms with Gasteiger partial charge in [0.05, 0.1) is 18.8 Å². The van der Waals surface area contributed by atoms with Gasteiger partial charge in [0.2, 0.25) is 0 Å². The molecule has 1 aliphatic heterocycles. The predicted molar refractivity (Wildman–Crippen MR) is 102 cm³/mol. The topological polar surface area (TPSA) is 84.7 Å². The number of carboxylic acid groups (broad SMARTS) is 1. The molecular formula is C21H18FN3O4. The number of benzene rings is 2. The van der Waals surface area contributed by atoms with E-state index in [0.29, 0.717) is 17.8 Å². The smallest absolute Gasteiger partial charge is 0.356 e. The summed E-state index contributed by atoms with van der Waals surface area (Å²) in [4.78, 5) is 26.2. The van der Waals surface area contributed by atoms with Crippen molar-refractivity contribution in [3.05, 3.63) is 83.4 Å². The first-order chi connectivity index (χ1) is 14.0. The van der Waals surface area contributed by atoms with E-state index in [-0.39, 0.29) is 24.5 Å². The van der Waals surface area contributed by atoms with Crippen LogP contribution < -0.4 is 0 Å². The highest BCUT2D eigenvalue weighted by Crippen LogP contribution is 2.26. The number of morpholine rings is 1. The monoisotopic (exact) mass is 395 g/mol. The molecule has 1 aliphatic rings. The number of amides is 1. The Balaban J connectivity index is 1.65. The lowest BCUT2D eigenvalue weighted by Crippen LogP contribution is -2.43. The second-order valence-electron chi connectivity index (χ2n) is 6.60. The van der Waals surface area contributed by atoms with Crippen LogP contribution in [0.4, 0.5) is 4.39 Å². The van der Waals surface area contributed by atoms with Crippen molar-refractivity contribution in [2.45, 2.75) is 6.10 Å². The van der Waals surface area contributed by atoms with Gasteiger partial charge in [-0.15, -0.1) is 0 Å². The minimum absolute atomic E-state index is 0.128. The standard InChI is InChI=1S/C21H18FN3O4/c22-16-9-5-4-8-15(16)19-13-24(10-11-29-19)20(26)18-12-17(21(27)28)23-25(18)14-6-2-1-3-7-14/h1-9,12,19H,10-11,13H2,(H,27,28)/t19-/m1/s1. The number of ether oxygens (including phenoxy) is 1. The lowest BCUT2D eigenvalue weighted by Gasteiger charge is -2.33. The summed E-state index contributed by atoms with van der Waals surface area (Å²) in [5.41, 5.74) is 0.856. The Morgan fingerprint density at radius 1 is 1.10 bits per heavy atom. The molecule has 0 radical (unpaired) electrons. The van der Waals surface area contributed by atoms with E-state index in [1.165, 1.54) is 21.7 Å². The summed E-state index contributed by atoms with van der Waals surface area (Å²) in [7, 11) is 0. The second kappa shape index (κ2) is 7.84. The third-order valence-corrected chi connectivity index (χ3v) is 4.75. The maximum Gasteiger partial charge on any atom is 0.356 e. The fourth-order valence-electron chi connectivity index (χ4n) is 3.32. The lowest BCUT2D eigenvalue weighted by atomic mass is 10.1. The van der Waals surface area contributed by atoms with Crippen LogP contribution in [0.25, 0.3) is 5.69 Å². The van der Waals surface area contributed by atoms with Crippen LogP contribution in [0.15, 0.2) is 60.7 Å². The molecule has 1 fully saturated rings. The van der Waals surface area contributed by atoms with Crippen molar-refractivity contribution in [2.75, 3.05) is 19.7 Å². The molecule has 29 heavy (non-hydrogen) atoms. The molecule has 0 aliphatic carbocycles. The number of nitrogens with zero attached hydrogens (tertiary/aromatic N) is 3. The molecule has 3 aromatic rings. The quantitative estimate of drug-likeness (QED) is 0.734. The third-order valence-electron chi connectivity index (χ3n) is 4.75. The van der Waals surface area contributed by atoms with E-state index in [2.05, 4.69) is 5.10 Å². The Kier molecular flexibility index (Phi) is 5.09. The van der Waals surface area contributed by atoms with E-state index in [0.717, 1.165) is 0 Å². The number of aromatic carboxylic acids is 1. The van der Waals surface area contributed by atoms with Gasteiger partial charge in [-0.3, -0.25) is 4.79 Å². The van der Waals surface area contributed by atoms with Gasteiger partial charge in [0, 0.05) is 18.2 Å². The van der Waals surface area contributed by atoms with Crippen molar-refractivity contribution in [1.82, 2.24) is 14.7 Å². The Bertz CT molecular complexity index is 1050. The molecule has 1 saturated heterocycles. The molecule has 148 valence electrons. The van der Waals surface area contributed by atoms with Crippen LogP contribution in [0.1, 0.15) is 32.6 Å². The Labute approximate surface area is 165 Å². The van der Waals surface area contributed by atoms with Crippen LogP contribution in [-0.4, -0.2) is 51.4 Å². The molecule has 7 nitrogen and oxygen atoms in total. The fourth-order valence-corrected chi connectivity index (χ4v) is 3.32. The number of aromatic nitrogens is 2. The zero-order valence-electron chi connectivity index (χ0n) is 15.4. The normalized spacial score (nSPS) is 16.6. The minimum atomic E-state index is -1.22. The van der Waals surface area contributed by atoms with Crippen molar-refractivity contribution in [3.63, 3.8) is 0 Å². The number of carboxylic acids is 1. The molecule has 0 bridgehead atoms. The summed E-state index contributed by atoms with van der Waals surface area (Å²) < 4.78 is 21.1. The zero-order chi connectivity index (χ0) is 20.4. The van der Waals surface area contributed by atoms with Crippen LogP contribution in [0.5, 0.6) is 0 Å². The van der Waals surface area contributed by atoms with Gasteiger partial charge in [-0.05, 0) is 18.2 Å². The van der Waals surface area contributed by atoms with Gasteiger partial charge in [-0.1, -0.05) is 36.4 Å². The van der Waals surface area contributed by atoms with Crippen LogP contribution in [0, 0.1) is 5.82 Å². The number of hydrogen-bond acceptors (Lipinski definition) is 4. The Morgan fingerprint density at radius 3 is 2.55 bits per heavy atom. The first-order valence-electron chi connectivity index (χ1n) is 9.08. The van der Waals surface area contributed by atoms with Gasteiger partial charge >= 0.3 is 5.97 Å². The minimum Gasteiger partial charge on any atom is -0.476 e. The summed E-state index contributed by atoms with van der Waals surface area (Å²) in [6.07, 6.45) is -0.596. The van der Waals surface area contributed by atoms with Crippen molar-refractivity contribution < 1.29 is 23.8 Å². The van der Waals surface area contributed by atoms with Crippen LogP contribution in [0.2, 0.25) is 0 Å². The van der Waals surface area contributed by atoms with Gasteiger partial charge in [0.25, 0.3) is 5.91 Å². The number of carbonyl (C=O) groups is 2. The maximum absolute atomic E-state index is 14.1. The summed E-state index contributed by atoms with van der Waals surface area (Å²) in [6.45, 7) is 0.713. The predicted octanol–water partition coefficient (Wildman–Crippen LogP) is 2.92. The highest BCUT2D eigenvalue weighted by atomic mass is 19.1. The van der Waals surface area contributed by atoms with E-state index in [1.807, 2.05) is 6.07 Å². The number of rotatable bonds is 4. The molecule has 1 N–H and O–H groups in total. The van der Waals surface area contributed by atoms with Crippen LogP contribution >= 0.6 is 0 Å². The second-order valence-corrected chi connectivity index (χ2v) is 6.60. The van der Waals surface area contributed by atoms with Gasteiger partial charge in [0.1, 0.15) is 17.6 Å². The summed E-state index contributed by atoms with van der Waals surface area (Å²) in [5.74, 6) is -2.01. The van der Waals surface area contributed by atoms with Crippen molar-refractivity contribution in [1.29, 1.82) is 0 Å². The molecule has 1 atom stereocenters. The number of para-hydroxylation sites is 1. The molecule has 2 aromatic carbocycles. The number of hydrogen-bond donors (Lipinski definition) is 1. The molecule has 0 spiro atoms. The maximum atomic E-state index is 14.1. The molecule has 1 aromatic heterocycles. The molecule has 0 saturated carbocycles. The van der Waals surface area contributed by atoms with Crippen molar-refractivity contribution >= 4 is 11.9 Å². The SMILES string of the molecule is O=C(O)c1cc(C(=O)N2CCO[C@@H](c3ccccc3F)C2)n(-c2ccccc2)n1. The molecular weight excluding hydrogens is 377 g/mol. The Morgan fingerprint density at radius 2 is 1.83 bits per heavy atom. The summed E-state index contributed by atoms with van der Waals surface area (Å²) in [5, 5.41) is 13.4. The first-order valence-corrected chi connectivity index (χ1v) is 9.08. The number of carbonyl (C=O) groups excluding carboxylic acids is 1. The fraction of sp³-hybridized carbons (Fsp3) is 0.190. The molecule has 1 amide bonds. The highest BCUT2D eigenvalue weighted by Gasteiger charge is 2.30. The van der Waals surface area contributed by atoms with E-state index >= 15 is 0 Å². The van der Waals surface area contributed by atoms with Gasteiger partial charge in [0.15, 0.2) is 5.69 Å². The number of halogens is 1. The van der Waals surface area contributed by atoms with E-state index < -0.39 is 23.8 Å². The summed E-state index contributed by atoms with van der Waals surface area (Å²) >= 11 is 0. The van der Waals surface area contributed by atoms with Crippen molar-refractivity contribution in [3.8, 4) is 5.69 Å². The van der Waals surface area contributed by atoms with Gasteiger partial charge < -0.3 is 14.7 Å². The largest absolute Gasteiger partial charge is 0.476 e. The third kappa shape index (κ3) is 3.74. The van der Waals surface area contributed by atoms with Crippen LogP contribution in [0.3, 0.4) is 0 Å². The van der Waals surface area contributed by atoms with Gasteiger partial charge in [-0.25, -0.2) is 13.9 Å². The van der Waals surface area contributed by atoms with Gasteiger partial charge in [-0.2, -0.15) is 5.10 Å². The molecule has 2 heterocycles. The zero-order valence-corrected chi connectivity index (χ0v) is 15.4. The van der Waals surface area contributed by atoms with E-state index in [9.17, 15) is 19.1 Å². The molecule has 4 rings (SSSR count). The first kappa shape index (κ1) is 18.8. The Hall–Kier alpha value is -3.52. The summed E-state index contributed by atoms with van der Waals surface area (Å²) in [6, 6.07) is 16.4. The average molecular weight is 395 g/mol. The highest BCUT2D eigenvalue weighted by molar-refractivity contribution is 5.96. The van der Waals surface area contributed by atoms with Crippen LogP contribution in [-0.2, 0) is 4.74 Å². The molecule has 8 heteroatoms. The van der Waals surface area contributed by atoms with Crippen molar-refractivity contribution in [2.24, 2.45) is 0 Å². The van der Waals surface area contributed by atoms with E-state index in [1.54, 1.807) is 42.5 Å². The molecule has 0 unspecified atom stereocenters. The van der Waals surface area contributed by atoms with E-state index in [4.69, 9.17) is 4.74 Å².